The monoisotopic (exact) mass is 231 g/mol. The van der Waals surface area contributed by atoms with Crippen LogP contribution < -0.4 is 5.32 Å². The Kier molecular flexibility index (Phi) is 4.51. The van der Waals surface area contributed by atoms with E-state index in [4.69, 9.17) is 0 Å². The number of hydrogen-bond donors (Lipinski definition) is 1. The summed E-state index contributed by atoms with van der Waals surface area (Å²) in [6.07, 6.45) is 5.67. The number of hydrogen-bond acceptors (Lipinski definition) is 3. The van der Waals surface area contributed by atoms with Gasteiger partial charge in [-0.15, -0.1) is 0 Å². The third-order valence-corrected chi connectivity index (χ3v) is 6.02. The maximum atomic E-state index is 3.77. The van der Waals surface area contributed by atoms with Crippen LogP contribution in [0.5, 0.6) is 0 Å². The van der Waals surface area contributed by atoms with Gasteiger partial charge in [0, 0.05) is 23.1 Å². The van der Waals surface area contributed by atoms with Gasteiger partial charge in [0.15, 0.2) is 0 Å². The summed E-state index contributed by atoms with van der Waals surface area (Å²) in [6, 6.07) is 0.787. The Hall–Kier alpha value is 0.660. The average molecular weight is 231 g/mol. The number of nitrogens with one attached hydrogen (secondary N) is 1. The smallest absolute Gasteiger partial charge is 0.0184 e. The molecule has 1 N–H and O–H groups in total. The highest BCUT2D eigenvalue weighted by atomic mass is 32.2. The molecule has 0 saturated carbocycles. The predicted octanol–water partition coefficient (Wildman–Crippen LogP) is 2.76. The molecule has 3 heteroatoms. The van der Waals surface area contributed by atoms with E-state index in [0.717, 1.165) is 16.5 Å². The van der Waals surface area contributed by atoms with Gasteiger partial charge in [-0.2, -0.15) is 23.5 Å². The average Bonchev–Trinajstić information content (AvgIpc) is 2.69. The second-order valence-electron chi connectivity index (χ2n) is 4.37. The third kappa shape index (κ3) is 3.07. The maximum Gasteiger partial charge on any atom is 0.0184 e. The lowest BCUT2D eigenvalue weighted by molar-refractivity contribution is 0.460. The standard InChI is InChI=1S/C11H21NS2/c1-9-11(5-3-6-13-9)12-8-10-4-2-7-14-10/h9-12H,2-8H2,1H3. The molecule has 14 heavy (non-hydrogen) atoms. The summed E-state index contributed by atoms with van der Waals surface area (Å²) in [4.78, 5) is 0. The van der Waals surface area contributed by atoms with E-state index in [9.17, 15) is 0 Å². The van der Waals surface area contributed by atoms with E-state index in [0.29, 0.717) is 0 Å². The molecule has 0 aromatic heterocycles. The predicted molar refractivity (Wildman–Crippen MR) is 68.4 cm³/mol. The Morgan fingerprint density at radius 2 is 1.93 bits per heavy atom. The van der Waals surface area contributed by atoms with Crippen LogP contribution >= 0.6 is 23.5 Å². The molecule has 1 nitrogen and oxygen atoms in total. The zero-order chi connectivity index (χ0) is 9.80. The van der Waals surface area contributed by atoms with Crippen LogP contribution in [-0.4, -0.2) is 34.6 Å². The highest BCUT2D eigenvalue weighted by molar-refractivity contribution is 8.00. The lowest BCUT2D eigenvalue weighted by Crippen LogP contribution is -2.41. The van der Waals surface area contributed by atoms with Gasteiger partial charge in [0.25, 0.3) is 0 Å². The van der Waals surface area contributed by atoms with Crippen LogP contribution in [0.1, 0.15) is 32.6 Å². The zero-order valence-corrected chi connectivity index (χ0v) is 10.6. The van der Waals surface area contributed by atoms with Crippen molar-refractivity contribution in [2.24, 2.45) is 0 Å². The molecule has 3 atom stereocenters. The normalized spacial score (nSPS) is 38.8. The molecule has 2 aliphatic rings. The van der Waals surface area contributed by atoms with Crippen molar-refractivity contribution in [1.82, 2.24) is 5.32 Å². The summed E-state index contributed by atoms with van der Waals surface area (Å²) in [5.74, 6) is 2.76. The van der Waals surface area contributed by atoms with Gasteiger partial charge in [-0.05, 0) is 37.2 Å². The first-order valence-corrected chi connectivity index (χ1v) is 7.92. The van der Waals surface area contributed by atoms with E-state index in [-0.39, 0.29) is 0 Å². The quantitative estimate of drug-likeness (QED) is 0.802. The molecule has 82 valence electrons. The van der Waals surface area contributed by atoms with Gasteiger partial charge in [-0.3, -0.25) is 0 Å². The second-order valence-corrected chi connectivity index (χ2v) is 7.26. The molecule has 2 heterocycles. The van der Waals surface area contributed by atoms with Crippen LogP contribution in [0.25, 0.3) is 0 Å². The molecule has 2 rings (SSSR count). The molecule has 2 aliphatic heterocycles. The van der Waals surface area contributed by atoms with E-state index in [1.54, 1.807) is 0 Å². The van der Waals surface area contributed by atoms with E-state index in [2.05, 4.69) is 35.8 Å². The fraction of sp³-hybridized carbons (Fsp3) is 1.00. The van der Waals surface area contributed by atoms with Crippen molar-refractivity contribution in [1.29, 1.82) is 0 Å². The van der Waals surface area contributed by atoms with Gasteiger partial charge in [-0.1, -0.05) is 6.92 Å². The molecule has 2 fully saturated rings. The van der Waals surface area contributed by atoms with Crippen LogP contribution in [0.15, 0.2) is 0 Å². The second kappa shape index (κ2) is 5.66. The molecular formula is C11H21NS2. The van der Waals surface area contributed by atoms with Crippen molar-refractivity contribution >= 4 is 23.5 Å². The summed E-state index contributed by atoms with van der Waals surface area (Å²) in [5, 5.41) is 5.51. The molecule has 0 aromatic carbocycles. The van der Waals surface area contributed by atoms with E-state index in [1.807, 2.05) is 0 Å². The SMILES string of the molecule is CC1SCCCC1NCC1CCCS1. The molecule has 3 unspecified atom stereocenters. The highest BCUT2D eigenvalue weighted by Gasteiger charge is 2.23. The highest BCUT2D eigenvalue weighted by Crippen LogP contribution is 2.28. The number of thioether (sulfide) groups is 2. The van der Waals surface area contributed by atoms with Crippen LogP contribution in [0.4, 0.5) is 0 Å². The fourth-order valence-electron chi connectivity index (χ4n) is 2.28. The molecule has 0 amide bonds. The van der Waals surface area contributed by atoms with Crippen LogP contribution in [0.3, 0.4) is 0 Å². The first-order valence-electron chi connectivity index (χ1n) is 5.83. The van der Waals surface area contributed by atoms with Gasteiger partial charge in [0.2, 0.25) is 0 Å². The van der Waals surface area contributed by atoms with Crippen LogP contribution in [-0.2, 0) is 0 Å². The van der Waals surface area contributed by atoms with Crippen molar-refractivity contribution in [2.45, 2.75) is 49.1 Å². The van der Waals surface area contributed by atoms with Crippen molar-refractivity contribution in [2.75, 3.05) is 18.1 Å². The Labute approximate surface area is 96.2 Å². The zero-order valence-electron chi connectivity index (χ0n) is 9.00. The minimum Gasteiger partial charge on any atom is -0.312 e. The molecule has 0 aliphatic carbocycles. The van der Waals surface area contributed by atoms with Gasteiger partial charge in [-0.25, -0.2) is 0 Å². The summed E-state index contributed by atoms with van der Waals surface area (Å²) >= 11 is 4.30. The van der Waals surface area contributed by atoms with E-state index >= 15 is 0 Å². The molecule has 0 radical (unpaired) electrons. The van der Waals surface area contributed by atoms with Crippen LogP contribution in [0.2, 0.25) is 0 Å². The Balaban J connectivity index is 1.67. The number of rotatable bonds is 3. The third-order valence-electron chi connectivity index (χ3n) is 3.24. The molecule has 0 spiro atoms. The Bertz CT molecular complexity index is 169. The summed E-state index contributed by atoms with van der Waals surface area (Å²) in [6.45, 7) is 3.63. The maximum absolute atomic E-state index is 3.77. The minimum atomic E-state index is 0.787. The molecule has 0 bridgehead atoms. The minimum absolute atomic E-state index is 0.787. The van der Waals surface area contributed by atoms with Gasteiger partial charge >= 0.3 is 0 Å². The largest absolute Gasteiger partial charge is 0.312 e. The van der Waals surface area contributed by atoms with Gasteiger partial charge in [0.05, 0.1) is 0 Å². The first kappa shape index (κ1) is 11.2. The van der Waals surface area contributed by atoms with Gasteiger partial charge in [0.1, 0.15) is 0 Å². The van der Waals surface area contributed by atoms with Crippen molar-refractivity contribution in [3.63, 3.8) is 0 Å². The van der Waals surface area contributed by atoms with E-state index in [1.165, 1.54) is 43.7 Å². The summed E-state index contributed by atoms with van der Waals surface area (Å²) in [5.41, 5.74) is 0. The summed E-state index contributed by atoms with van der Waals surface area (Å²) < 4.78 is 0. The first-order chi connectivity index (χ1) is 6.86. The van der Waals surface area contributed by atoms with E-state index < -0.39 is 0 Å². The van der Waals surface area contributed by atoms with Crippen molar-refractivity contribution in [3.8, 4) is 0 Å². The lowest BCUT2D eigenvalue weighted by Gasteiger charge is -2.30. The molecular weight excluding hydrogens is 210 g/mol. The Morgan fingerprint density at radius 3 is 2.64 bits per heavy atom. The molecule has 0 aromatic rings. The Morgan fingerprint density at radius 1 is 1.14 bits per heavy atom. The fourth-order valence-corrected chi connectivity index (χ4v) is 4.66. The lowest BCUT2D eigenvalue weighted by atomic mass is 10.1. The topological polar surface area (TPSA) is 12.0 Å². The van der Waals surface area contributed by atoms with Crippen molar-refractivity contribution in [3.05, 3.63) is 0 Å². The summed E-state index contributed by atoms with van der Waals surface area (Å²) in [7, 11) is 0. The van der Waals surface area contributed by atoms with Gasteiger partial charge < -0.3 is 5.32 Å². The van der Waals surface area contributed by atoms with Crippen molar-refractivity contribution < 1.29 is 0 Å². The molecule has 2 saturated heterocycles. The van der Waals surface area contributed by atoms with Crippen LogP contribution in [0, 0.1) is 0 Å².